The summed E-state index contributed by atoms with van der Waals surface area (Å²) in [7, 11) is 0. The lowest BCUT2D eigenvalue weighted by atomic mass is 10.2. The van der Waals surface area contributed by atoms with Crippen molar-refractivity contribution in [1.29, 1.82) is 0 Å². The van der Waals surface area contributed by atoms with Crippen molar-refractivity contribution < 1.29 is 0 Å². The summed E-state index contributed by atoms with van der Waals surface area (Å²) in [6, 6.07) is 5.92. The molecule has 3 rings (SSSR count). The summed E-state index contributed by atoms with van der Waals surface area (Å²) < 4.78 is 0.841. The first-order chi connectivity index (χ1) is 9.15. The number of rotatable bonds is 2. The van der Waals surface area contributed by atoms with E-state index in [1.807, 2.05) is 18.2 Å². The fourth-order valence-corrected chi connectivity index (χ4v) is 2.75. The third kappa shape index (κ3) is 2.48. The molecular weight excluding hydrogens is 330 g/mol. The zero-order valence-electron chi connectivity index (χ0n) is 10.1. The molecule has 2 aromatic rings. The normalized spacial score (nSPS) is 19.1. The van der Waals surface area contributed by atoms with Gasteiger partial charge in [0.2, 0.25) is 5.95 Å². The van der Waals surface area contributed by atoms with E-state index in [9.17, 15) is 0 Å². The van der Waals surface area contributed by atoms with E-state index in [1.54, 1.807) is 0 Å². The van der Waals surface area contributed by atoms with Crippen LogP contribution in [0.3, 0.4) is 0 Å². The quantitative estimate of drug-likeness (QED) is 0.879. The van der Waals surface area contributed by atoms with E-state index in [2.05, 4.69) is 36.0 Å². The van der Waals surface area contributed by atoms with Crippen LogP contribution in [-0.4, -0.2) is 34.3 Å². The van der Waals surface area contributed by atoms with Gasteiger partial charge in [-0.1, -0.05) is 17.7 Å². The highest BCUT2D eigenvalue weighted by atomic mass is 79.9. The van der Waals surface area contributed by atoms with Crippen molar-refractivity contribution in [1.82, 2.24) is 15.2 Å². The van der Waals surface area contributed by atoms with Gasteiger partial charge in [-0.05, 0) is 34.5 Å². The molecule has 0 bridgehead atoms. The highest BCUT2D eigenvalue weighted by Gasteiger charge is 2.23. The Morgan fingerprint density at radius 3 is 3.05 bits per heavy atom. The Kier molecular flexibility index (Phi) is 3.47. The molecule has 7 heteroatoms. The molecule has 0 radical (unpaired) electrons. The highest BCUT2D eigenvalue weighted by molar-refractivity contribution is 9.10. The van der Waals surface area contributed by atoms with Crippen molar-refractivity contribution in [2.24, 2.45) is 5.73 Å². The second-order valence-corrected chi connectivity index (χ2v) is 5.81. The molecule has 0 aliphatic carbocycles. The molecular formula is C12H13BrClN5. The van der Waals surface area contributed by atoms with Crippen molar-refractivity contribution in [3.63, 3.8) is 0 Å². The number of hydrogen-bond donors (Lipinski definition) is 2. The average Bonchev–Trinajstić information content (AvgIpc) is 3.01. The second-order valence-electron chi connectivity index (χ2n) is 4.58. The second kappa shape index (κ2) is 5.11. The Bertz CT molecular complexity index is 600. The zero-order valence-corrected chi connectivity index (χ0v) is 12.4. The molecule has 0 saturated carbocycles. The Hall–Kier alpha value is -1.11. The maximum absolute atomic E-state index is 6.25. The van der Waals surface area contributed by atoms with Crippen molar-refractivity contribution >= 4 is 33.5 Å². The van der Waals surface area contributed by atoms with Crippen molar-refractivity contribution in [2.75, 3.05) is 18.0 Å². The van der Waals surface area contributed by atoms with Crippen molar-refractivity contribution in [3.8, 4) is 11.4 Å². The molecule has 100 valence electrons. The predicted octanol–water partition coefficient (Wildman–Crippen LogP) is 2.42. The molecule has 19 heavy (non-hydrogen) atoms. The topological polar surface area (TPSA) is 70.8 Å². The Morgan fingerprint density at radius 1 is 1.47 bits per heavy atom. The zero-order chi connectivity index (χ0) is 13.4. The van der Waals surface area contributed by atoms with E-state index in [4.69, 9.17) is 17.3 Å². The number of H-pyrrole nitrogens is 1. The van der Waals surface area contributed by atoms with Crippen LogP contribution in [0.25, 0.3) is 11.4 Å². The first kappa shape index (κ1) is 12.9. The lowest BCUT2D eigenvalue weighted by molar-refractivity contribution is 0.750. The fraction of sp³-hybridized carbons (Fsp3) is 0.333. The maximum atomic E-state index is 6.25. The largest absolute Gasteiger partial charge is 0.338 e. The minimum absolute atomic E-state index is 0.205. The molecule has 1 atom stereocenters. The number of anilines is 1. The molecule has 1 unspecified atom stereocenters. The van der Waals surface area contributed by atoms with Gasteiger partial charge in [0.15, 0.2) is 5.82 Å². The van der Waals surface area contributed by atoms with Gasteiger partial charge in [0, 0.05) is 29.2 Å². The average molecular weight is 343 g/mol. The Labute approximate surface area is 124 Å². The number of nitrogens with one attached hydrogen (secondary N) is 1. The monoisotopic (exact) mass is 341 g/mol. The van der Waals surface area contributed by atoms with E-state index in [0.29, 0.717) is 16.8 Å². The lowest BCUT2D eigenvalue weighted by Crippen LogP contribution is -2.26. The van der Waals surface area contributed by atoms with Crippen LogP contribution in [0.4, 0.5) is 5.95 Å². The minimum Gasteiger partial charge on any atom is -0.338 e. The molecule has 2 heterocycles. The predicted molar refractivity (Wildman–Crippen MR) is 79.3 cm³/mol. The van der Waals surface area contributed by atoms with E-state index in [1.165, 1.54) is 0 Å². The molecule has 0 spiro atoms. The van der Waals surface area contributed by atoms with Gasteiger partial charge in [-0.15, -0.1) is 5.10 Å². The van der Waals surface area contributed by atoms with Gasteiger partial charge in [-0.3, -0.25) is 5.10 Å². The number of aromatic amines is 1. The van der Waals surface area contributed by atoms with E-state index in [0.717, 1.165) is 29.5 Å². The first-order valence-corrected chi connectivity index (χ1v) is 7.19. The third-order valence-electron chi connectivity index (χ3n) is 3.19. The molecule has 3 N–H and O–H groups in total. The smallest absolute Gasteiger partial charge is 0.245 e. The van der Waals surface area contributed by atoms with Gasteiger partial charge < -0.3 is 10.6 Å². The fourth-order valence-electron chi connectivity index (χ4n) is 2.17. The number of nitrogens with two attached hydrogens (primary N) is 1. The first-order valence-electron chi connectivity index (χ1n) is 6.02. The van der Waals surface area contributed by atoms with Crippen LogP contribution in [0, 0.1) is 0 Å². The maximum Gasteiger partial charge on any atom is 0.245 e. The van der Waals surface area contributed by atoms with Gasteiger partial charge in [-0.25, -0.2) is 0 Å². The van der Waals surface area contributed by atoms with Crippen LogP contribution >= 0.6 is 27.5 Å². The third-order valence-corrected chi connectivity index (χ3v) is 4.48. The summed E-state index contributed by atoms with van der Waals surface area (Å²) in [5.41, 5.74) is 6.72. The number of benzene rings is 1. The van der Waals surface area contributed by atoms with Crippen molar-refractivity contribution in [3.05, 3.63) is 27.7 Å². The minimum atomic E-state index is 0.205. The number of halogens is 2. The van der Waals surface area contributed by atoms with Crippen LogP contribution < -0.4 is 10.6 Å². The van der Waals surface area contributed by atoms with Gasteiger partial charge in [-0.2, -0.15) is 4.98 Å². The standard InChI is InChI=1S/C12H13BrClN5/c13-9-3-1-2-8(10(9)14)11-16-12(18-17-11)19-5-4-7(15)6-19/h1-3,7H,4-6,15H2,(H,16,17,18). The van der Waals surface area contributed by atoms with Gasteiger partial charge in [0.25, 0.3) is 0 Å². The van der Waals surface area contributed by atoms with Gasteiger partial charge in [0.05, 0.1) is 5.02 Å². The Balaban J connectivity index is 1.91. The van der Waals surface area contributed by atoms with E-state index in [-0.39, 0.29) is 6.04 Å². The molecule has 1 saturated heterocycles. The van der Waals surface area contributed by atoms with Crippen LogP contribution in [0.1, 0.15) is 6.42 Å². The van der Waals surface area contributed by atoms with Crippen molar-refractivity contribution in [2.45, 2.75) is 12.5 Å². The summed E-state index contributed by atoms with van der Waals surface area (Å²) in [5, 5.41) is 7.80. The molecule has 1 aliphatic rings. The summed E-state index contributed by atoms with van der Waals surface area (Å²) in [4.78, 5) is 6.58. The van der Waals surface area contributed by atoms with Gasteiger partial charge in [0.1, 0.15) is 0 Å². The summed E-state index contributed by atoms with van der Waals surface area (Å²) in [6.07, 6.45) is 0.974. The summed E-state index contributed by atoms with van der Waals surface area (Å²) in [5.74, 6) is 1.35. The molecule has 5 nitrogen and oxygen atoms in total. The number of aromatic nitrogens is 3. The molecule has 1 aliphatic heterocycles. The Morgan fingerprint density at radius 2 is 2.32 bits per heavy atom. The van der Waals surface area contributed by atoms with Crippen LogP contribution in [0.15, 0.2) is 22.7 Å². The van der Waals surface area contributed by atoms with Crippen LogP contribution in [-0.2, 0) is 0 Å². The molecule has 0 amide bonds. The highest BCUT2D eigenvalue weighted by Crippen LogP contribution is 2.32. The van der Waals surface area contributed by atoms with Crippen LogP contribution in [0.2, 0.25) is 5.02 Å². The molecule has 1 aromatic carbocycles. The number of nitrogens with zero attached hydrogens (tertiary/aromatic N) is 3. The molecule has 1 aromatic heterocycles. The molecule has 1 fully saturated rings. The van der Waals surface area contributed by atoms with Crippen LogP contribution in [0.5, 0.6) is 0 Å². The summed E-state index contributed by atoms with van der Waals surface area (Å²) >= 11 is 9.65. The van der Waals surface area contributed by atoms with Gasteiger partial charge >= 0.3 is 0 Å². The summed E-state index contributed by atoms with van der Waals surface area (Å²) in [6.45, 7) is 1.69. The SMILES string of the molecule is NC1CCN(c2n[nH]c(-c3cccc(Br)c3Cl)n2)C1. The van der Waals surface area contributed by atoms with E-state index < -0.39 is 0 Å². The van der Waals surface area contributed by atoms with E-state index >= 15 is 0 Å². The number of hydrogen-bond acceptors (Lipinski definition) is 4. The lowest BCUT2D eigenvalue weighted by Gasteiger charge is -2.11.